The Morgan fingerprint density at radius 2 is 1.70 bits per heavy atom. The first-order valence-electron chi connectivity index (χ1n) is 8.36. The summed E-state index contributed by atoms with van der Waals surface area (Å²) < 4.78 is 20.9. The molecule has 0 saturated carbocycles. The second-order valence-corrected chi connectivity index (χ2v) is 8.05. The van der Waals surface area contributed by atoms with Gasteiger partial charge in [-0.25, -0.2) is 4.39 Å². The van der Waals surface area contributed by atoms with Gasteiger partial charge in [0.1, 0.15) is 23.4 Å². The van der Waals surface area contributed by atoms with Crippen molar-refractivity contribution in [2.75, 3.05) is 0 Å². The number of hydrogen-bond donors (Lipinski definition) is 1. The summed E-state index contributed by atoms with van der Waals surface area (Å²) in [6, 6.07) is 17.7. The summed E-state index contributed by atoms with van der Waals surface area (Å²) in [5.41, 5.74) is 4.53. The number of benzene rings is 3. The van der Waals surface area contributed by atoms with E-state index < -0.39 is 0 Å². The molecule has 0 fully saturated rings. The highest BCUT2D eigenvalue weighted by Crippen LogP contribution is 2.48. The largest absolute Gasteiger partial charge is 0.506 e. The summed E-state index contributed by atoms with van der Waals surface area (Å²) in [5.74, 6) is 0.332. The van der Waals surface area contributed by atoms with Crippen molar-refractivity contribution in [2.45, 2.75) is 13.0 Å². The number of aromatic hydroxyl groups is 1. The van der Waals surface area contributed by atoms with Gasteiger partial charge in [0.05, 0.1) is 5.02 Å². The third-order valence-corrected chi connectivity index (χ3v) is 5.71. The second kappa shape index (κ2) is 7.17. The molecule has 2 nitrogen and oxygen atoms in total. The van der Waals surface area contributed by atoms with Crippen molar-refractivity contribution >= 4 is 45.3 Å². The van der Waals surface area contributed by atoms with Gasteiger partial charge in [-0.15, -0.1) is 0 Å². The average Bonchev–Trinajstić information content (AvgIpc) is 2.65. The maximum absolute atomic E-state index is 13.5. The fourth-order valence-electron chi connectivity index (χ4n) is 3.33. The van der Waals surface area contributed by atoms with Gasteiger partial charge in [0.2, 0.25) is 0 Å². The van der Waals surface area contributed by atoms with Crippen molar-refractivity contribution in [3.63, 3.8) is 0 Å². The predicted octanol–water partition coefficient (Wildman–Crippen LogP) is 6.85. The first-order chi connectivity index (χ1) is 12.9. The molecule has 0 unspecified atom stereocenters. The van der Waals surface area contributed by atoms with Crippen LogP contribution in [0.4, 0.5) is 4.39 Å². The molecule has 1 aliphatic heterocycles. The molecule has 0 aliphatic carbocycles. The topological polar surface area (TPSA) is 29.5 Å². The van der Waals surface area contributed by atoms with Crippen LogP contribution in [-0.4, -0.2) is 5.11 Å². The Morgan fingerprint density at radius 1 is 1.04 bits per heavy atom. The van der Waals surface area contributed by atoms with Gasteiger partial charge >= 0.3 is 0 Å². The Hall–Kier alpha value is -2.05. The molecule has 0 saturated heterocycles. The van der Waals surface area contributed by atoms with Gasteiger partial charge in [-0.2, -0.15) is 0 Å². The van der Waals surface area contributed by atoms with Crippen LogP contribution >= 0.6 is 34.2 Å². The van der Waals surface area contributed by atoms with Gasteiger partial charge in [-0.1, -0.05) is 35.9 Å². The number of hydrogen-bond acceptors (Lipinski definition) is 2. The molecule has 0 radical (unpaired) electrons. The van der Waals surface area contributed by atoms with Crippen LogP contribution in [0.25, 0.3) is 11.1 Å². The number of phenolic OH excluding ortho intramolecular Hbond substituents is 1. The van der Waals surface area contributed by atoms with Crippen molar-refractivity contribution in [2.24, 2.45) is 0 Å². The van der Waals surface area contributed by atoms with Crippen LogP contribution in [0.2, 0.25) is 5.02 Å². The molecule has 0 amide bonds. The minimum absolute atomic E-state index is 0.00420. The summed E-state index contributed by atoms with van der Waals surface area (Å²) in [6.07, 6.45) is -0.361. The minimum atomic E-state index is -0.361. The highest BCUT2D eigenvalue weighted by molar-refractivity contribution is 14.1. The van der Waals surface area contributed by atoms with Crippen LogP contribution in [0, 0.1) is 9.39 Å². The number of fused-ring (bicyclic) bond motifs is 1. The van der Waals surface area contributed by atoms with E-state index in [0.29, 0.717) is 5.75 Å². The maximum atomic E-state index is 13.5. The smallest absolute Gasteiger partial charge is 0.150 e. The molecule has 1 aliphatic rings. The third kappa shape index (κ3) is 3.44. The summed E-state index contributed by atoms with van der Waals surface area (Å²) in [6.45, 7) is 1.98. The van der Waals surface area contributed by atoms with Crippen LogP contribution in [0.5, 0.6) is 11.5 Å². The van der Waals surface area contributed by atoms with E-state index in [1.807, 2.05) is 31.2 Å². The number of rotatable bonds is 2. The first kappa shape index (κ1) is 18.3. The zero-order valence-electron chi connectivity index (χ0n) is 14.3. The fraction of sp³-hybridized carbons (Fsp3) is 0.0909. The van der Waals surface area contributed by atoms with E-state index in [-0.39, 0.29) is 22.7 Å². The zero-order valence-corrected chi connectivity index (χ0v) is 17.3. The monoisotopic (exact) mass is 492 g/mol. The summed E-state index contributed by atoms with van der Waals surface area (Å²) in [5, 5.41) is 10.3. The van der Waals surface area contributed by atoms with Crippen LogP contribution in [0.1, 0.15) is 29.7 Å². The minimum Gasteiger partial charge on any atom is -0.506 e. The highest BCUT2D eigenvalue weighted by Gasteiger charge is 2.30. The molecule has 0 spiro atoms. The lowest BCUT2D eigenvalue weighted by atomic mass is 9.86. The van der Waals surface area contributed by atoms with E-state index in [9.17, 15) is 9.50 Å². The number of allylic oxidation sites excluding steroid dienone is 1. The van der Waals surface area contributed by atoms with Gasteiger partial charge in [-0.05, 0) is 76.5 Å². The Balaban J connectivity index is 1.94. The van der Waals surface area contributed by atoms with Gasteiger partial charge in [0, 0.05) is 20.8 Å². The van der Waals surface area contributed by atoms with Crippen LogP contribution in [-0.2, 0) is 0 Å². The van der Waals surface area contributed by atoms with Crippen molar-refractivity contribution < 1.29 is 14.2 Å². The molecule has 27 heavy (non-hydrogen) atoms. The highest BCUT2D eigenvalue weighted by atomic mass is 127. The number of ether oxygens (including phenoxy) is 1. The molecule has 136 valence electrons. The van der Waals surface area contributed by atoms with Crippen LogP contribution in [0.3, 0.4) is 0 Å². The van der Waals surface area contributed by atoms with Gasteiger partial charge < -0.3 is 9.84 Å². The Bertz CT molecular complexity index is 1040. The lowest BCUT2D eigenvalue weighted by Crippen LogP contribution is -2.16. The quantitative estimate of drug-likeness (QED) is 0.396. The zero-order chi connectivity index (χ0) is 19.1. The Kier molecular flexibility index (Phi) is 4.86. The average molecular weight is 493 g/mol. The third-order valence-electron chi connectivity index (χ3n) is 4.69. The molecular weight excluding hydrogens is 478 g/mol. The molecule has 0 aromatic heterocycles. The van der Waals surface area contributed by atoms with E-state index in [2.05, 4.69) is 22.6 Å². The Labute approximate surface area is 175 Å². The maximum Gasteiger partial charge on any atom is 0.150 e. The molecule has 5 heteroatoms. The van der Waals surface area contributed by atoms with Crippen molar-refractivity contribution in [1.29, 1.82) is 0 Å². The second-order valence-electron chi connectivity index (χ2n) is 6.39. The van der Waals surface area contributed by atoms with Crippen molar-refractivity contribution in [1.82, 2.24) is 0 Å². The van der Waals surface area contributed by atoms with E-state index in [0.717, 1.165) is 31.4 Å². The van der Waals surface area contributed by atoms with Gasteiger partial charge in [0.25, 0.3) is 0 Å². The molecule has 0 bridgehead atoms. The molecule has 1 atom stereocenters. The fourth-order valence-corrected chi connectivity index (χ4v) is 3.84. The van der Waals surface area contributed by atoms with E-state index in [4.69, 9.17) is 16.3 Å². The molecule has 3 aromatic rings. The van der Waals surface area contributed by atoms with Crippen molar-refractivity contribution in [3.05, 3.63) is 91.8 Å². The molecule has 4 rings (SSSR count). The van der Waals surface area contributed by atoms with Crippen LogP contribution in [0.15, 0.2) is 60.7 Å². The van der Waals surface area contributed by atoms with Crippen LogP contribution < -0.4 is 4.74 Å². The molecule has 1 heterocycles. The lowest BCUT2D eigenvalue weighted by molar-refractivity contribution is 0.259. The summed E-state index contributed by atoms with van der Waals surface area (Å²) in [4.78, 5) is 0. The first-order valence-corrected chi connectivity index (χ1v) is 9.81. The van der Waals surface area contributed by atoms with E-state index in [1.54, 1.807) is 24.3 Å². The van der Waals surface area contributed by atoms with Gasteiger partial charge in [-0.3, -0.25) is 0 Å². The summed E-state index contributed by atoms with van der Waals surface area (Å²) in [7, 11) is 0. The van der Waals surface area contributed by atoms with E-state index in [1.165, 1.54) is 12.1 Å². The lowest BCUT2D eigenvalue weighted by Gasteiger charge is -2.31. The SMILES string of the molecule is CC1=C(c2ccc(F)cc2)[C@@H](c2ccc(I)cc2)Oc2cc(Cl)c(O)cc21. The van der Waals surface area contributed by atoms with E-state index >= 15 is 0 Å². The summed E-state index contributed by atoms with van der Waals surface area (Å²) >= 11 is 8.35. The molecule has 3 aromatic carbocycles. The molecule has 1 N–H and O–H groups in total. The van der Waals surface area contributed by atoms with Gasteiger partial charge in [0.15, 0.2) is 0 Å². The normalized spacial score (nSPS) is 16.1. The molecular formula is C22H15ClFIO2. The van der Waals surface area contributed by atoms with Crippen molar-refractivity contribution in [3.8, 4) is 11.5 Å². The number of halogens is 3. The predicted molar refractivity (Wildman–Crippen MR) is 115 cm³/mol. The Morgan fingerprint density at radius 3 is 2.37 bits per heavy atom. The standard InChI is InChI=1S/C22H15ClFIO2/c1-12-17-10-19(26)18(23)11-20(17)27-22(14-4-8-16(25)9-5-14)21(12)13-2-6-15(24)7-3-13/h2-11,22,26H,1H3/t22-/m1/s1. The number of phenols is 1.